The van der Waals surface area contributed by atoms with Crippen molar-refractivity contribution in [2.45, 2.75) is 0 Å². The highest BCUT2D eigenvalue weighted by atomic mass is 16.6. The quantitative estimate of drug-likeness (QED) is 0.239. The molecule has 0 spiro atoms. The van der Waals surface area contributed by atoms with Gasteiger partial charge in [-0.3, -0.25) is 0 Å². The molecule has 0 rings (SSSR count). The lowest BCUT2D eigenvalue weighted by atomic mass is 10.6. The van der Waals surface area contributed by atoms with Crippen LogP contribution in [-0.4, -0.2) is 104 Å². The van der Waals surface area contributed by atoms with E-state index in [-0.39, 0.29) is 6.54 Å². The van der Waals surface area contributed by atoms with E-state index in [0.717, 1.165) is 0 Å². The Morgan fingerprint density at radius 2 is 0.960 bits per heavy atom. The number of nitrogens with one attached hydrogen (secondary N) is 1. The Hall–Kier alpha value is -1.01. The van der Waals surface area contributed by atoms with Crippen LogP contribution >= 0.6 is 0 Å². The molecular formula is C15H32N2O8. The Morgan fingerprint density at radius 3 is 1.28 bits per heavy atom. The summed E-state index contributed by atoms with van der Waals surface area (Å²) in [6.45, 7) is 6.63. The standard InChI is InChI=1S/C15H32N2O8/c16-1-3-20-5-7-22-9-11-24-13-14-25-12-10-23-8-6-21-4-2-17-15(18)19/h17H,1-14,16H2,(H,18,19). The first-order chi connectivity index (χ1) is 12.3. The number of ether oxygens (including phenoxy) is 6. The average molecular weight is 368 g/mol. The van der Waals surface area contributed by atoms with Crippen molar-refractivity contribution in [1.82, 2.24) is 5.32 Å². The smallest absolute Gasteiger partial charge is 0.404 e. The number of hydrogen-bond acceptors (Lipinski definition) is 8. The van der Waals surface area contributed by atoms with Gasteiger partial charge >= 0.3 is 6.09 Å². The van der Waals surface area contributed by atoms with Crippen LogP contribution < -0.4 is 11.1 Å². The van der Waals surface area contributed by atoms with Gasteiger partial charge in [-0.25, -0.2) is 4.79 Å². The fourth-order valence-electron chi connectivity index (χ4n) is 1.52. The van der Waals surface area contributed by atoms with Gasteiger partial charge in [0, 0.05) is 13.1 Å². The molecule has 0 aliphatic rings. The second kappa shape index (κ2) is 21.0. The zero-order valence-corrected chi connectivity index (χ0v) is 14.8. The predicted molar refractivity (Wildman–Crippen MR) is 90.0 cm³/mol. The molecule has 0 unspecified atom stereocenters. The number of carbonyl (C=O) groups is 1. The summed E-state index contributed by atoms with van der Waals surface area (Å²) < 4.78 is 31.6. The van der Waals surface area contributed by atoms with E-state index in [1.807, 2.05) is 0 Å². The molecule has 0 aromatic heterocycles. The van der Waals surface area contributed by atoms with Crippen LogP contribution in [0.4, 0.5) is 4.79 Å². The summed E-state index contributed by atoms with van der Waals surface area (Å²) in [4.78, 5) is 10.2. The van der Waals surface area contributed by atoms with Crippen LogP contribution in [0.2, 0.25) is 0 Å². The summed E-state index contributed by atoms with van der Waals surface area (Å²) in [5, 5.41) is 10.5. The monoisotopic (exact) mass is 368 g/mol. The van der Waals surface area contributed by atoms with Gasteiger partial charge in [-0.2, -0.15) is 0 Å². The average Bonchev–Trinajstić information content (AvgIpc) is 2.60. The molecule has 25 heavy (non-hydrogen) atoms. The molecule has 0 aliphatic heterocycles. The van der Waals surface area contributed by atoms with E-state index in [1.54, 1.807) is 0 Å². The Morgan fingerprint density at radius 1 is 0.640 bits per heavy atom. The molecule has 4 N–H and O–H groups in total. The van der Waals surface area contributed by atoms with Gasteiger partial charge in [0.1, 0.15) is 0 Å². The molecular weight excluding hydrogens is 336 g/mol. The second-order valence-corrected chi connectivity index (χ2v) is 4.69. The lowest BCUT2D eigenvalue weighted by Gasteiger charge is -2.08. The first kappa shape index (κ1) is 24.0. The van der Waals surface area contributed by atoms with Crippen molar-refractivity contribution in [3.8, 4) is 0 Å². The van der Waals surface area contributed by atoms with Gasteiger partial charge in [0.2, 0.25) is 0 Å². The molecule has 0 aromatic rings. The predicted octanol–water partition coefficient (Wildman–Crippen LogP) is -0.688. The maximum Gasteiger partial charge on any atom is 0.404 e. The van der Waals surface area contributed by atoms with Crippen LogP contribution in [0.25, 0.3) is 0 Å². The fraction of sp³-hybridized carbons (Fsp3) is 0.933. The van der Waals surface area contributed by atoms with Crippen LogP contribution in [-0.2, 0) is 28.4 Å². The third-order valence-electron chi connectivity index (χ3n) is 2.64. The minimum atomic E-state index is -1.05. The Balaban J connectivity index is 2.97. The van der Waals surface area contributed by atoms with Gasteiger partial charge in [-0.1, -0.05) is 0 Å². The number of amides is 1. The summed E-state index contributed by atoms with van der Waals surface area (Å²) >= 11 is 0. The van der Waals surface area contributed by atoms with Crippen LogP contribution in [0, 0.1) is 0 Å². The topological polar surface area (TPSA) is 131 Å². The molecule has 0 aliphatic carbocycles. The third-order valence-corrected chi connectivity index (χ3v) is 2.64. The van der Waals surface area contributed by atoms with Crippen molar-refractivity contribution in [3.63, 3.8) is 0 Å². The highest BCUT2D eigenvalue weighted by Gasteiger charge is 1.95. The maximum atomic E-state index is 10.2. The van der Waals surface area contributed by atoms with E-state index in [2.05, 4.69) is 5.32 Å². The zero-order chi connectivity index (χ0) is 18.4. The lowest BCUT2D eigenvalue weighted by Crippen LogP contribution is -2.25. The Bertz CT molecular complexity index is 284. The molecule has 0 atom stereocenters. The summed E-state index contributed by atoms with van der Waals surface area (Å²) in [7, 11) is 0. The summed E-state index contributed by atoms with van der Waals surface area (Å²) in [5.74, 6) is 0. The number of rotatable bonds is 20. The van der Waals surface area contributed by atoms with Gasteiger partial charge < -0.3 is 44.6 Å². The maximum absolute atomic E-state index is 10.2. The summed E-state index contributed by atoms with van der Waals surface area (Å²) in [6.07, 6.45) is -1.05. The molecule has 1 amide bonds. The summed E-state index contributed by atoms with van der Waals surface area (Å²) in [5.41, 5.74) is 5.28. The molecule has 0 heterocycles. The van der Waals surface area contributed by atoms with Crippen molar-refractivity contribution in [2.24, 2.45) is 5.73 Å². The van der Waals surface area contributed by atoms with E-state index >= 15 is 0 Å². The van der Waals surface area contributed by atoms with Crippen molar-refractivity contribution >= 4 is 6.09 Å². The van der Waals surface area contributed by atoms with E-state index in [4.69, 9.17) is 39.3 Å². The Labute approximate surface area is 148 Å². The van der Waals surface area contributed by atoms with E-state index in [0.29, 0.717) is 85.8 Å². The van der Waals surface area contributed by atoms with Gasteiger partial charge in [0.05, 0.1) is 79.3 Å². The second-order valence-electron chi connectivity index (χ2n) is 4.69. The molecule has 10 heteroatoms. The van der Waals surface area contributed by atoms with E-state index in [9.17, 15) is 4.79 Å². The van der Waals surface area contributed by atoms with E-state index < -0.39 is 6.09 Å². The first-order valence-corrected chi connectivity index (χ1v) is 8.40. The highest BCUT2D eigenvalue weighted by Crippen LogP contribution is 1.84. The molecule has 10 nitrogen and oxygen atoms in total. The molecule has 0 saturated heterocycles. The van der Waals surface area contributed by atoms with Gasteiger partial charge in [0.15, 0.2) is 0 Å². The minimum absolute atomic E-state index is 0.269. The summed E-state index contributed by atoms with van der Waals surface area (Å²) in [6, 6.07) is 0. The Kier molecular flexibility index (Phi) is 20.2. The minimum Gasteiger partial charge on any atom is -0.465 e. The molecule has 0 aromatic carbocycles. The number of nitrogens with two attached hydrogens (primary N) is 1. The van der Waals surface area contributed by atoms with Crippen molar-refractivity contribution in [3.05, 3.63) is 0 Å². The van der Waals surface area contributed by atoms with Crippen LogP contribution in [0.5, 0.6) is 0 Å². The van der Waals surface area contributed by atoms with Gasteiger partial charge in [-0.05, 0) is 0 Å². The molecule has 0 fully saturated rings. The largest absolute Gasteiger partial charge is 0.465 e. The zero-order valence-electron chi connectivity index (χ0n) is 14.8. The molecule has 150 valence electrons. The SMILES string of the molecule is NCCOCCOCCOCCOCCOCCOCCNC(=O)O. The number of hydrogen-bond donors (Lipinski definition) is 3. The van der Waals surface area contributed by atoms with E-state index in [1.165, 1.54) is 0 Å². The van der Waals surface area contributed by atoms with Gasteiger partial charge in [0.25, 0.3) is 0 Å². The molecule has 0 radical (unpaired) electrons. The molecule has 0 bridgehead atoms. The van der Waals surface area contributed by atoms with Crippen LogP contribution in [0.15, 0.2) is 0 Å². The van der Waals surface area contributed by atoms with Crippen molar-refractivity contribution < 1.29 is 38.3 Å². The third kappa shape index (κ3) is 23.0. The number of carboxylic acid groups (broad SMARTS) is 1. The fourth-order valence-corrected chi connectivity index (χ4v) is 1.52. The lowest BCUT2D eigenvalue weighted by molar-refractivity contribution is -0.0162. The molecule has 0 saturated carbocycles. The van der Waals surface area contributed by atoms with Crippen LogP contribution in [0.1, 0.15) is 0 Å². The van der Waals surface area contributed by atoms with Gasteiger partial charge in [-0.15, -0.1) is 0 Å². The highest BCUT2D eigenvalue weighted by molar-refractivity contribution is 5.64. The van der Waals surface area contributed by atoms with Crippen LogP contribution in [0.3, 0.4) is 0 Å². The normalized spacial score (nSPS) is 10.9. The van der Waals surface area contributed by atoms with Crippen molar-refractivity contribution in [1.29, 1.82) is 0 Å². The first-order valence-electron chi connectivity index (χ1n) is 8.40. The van der Waals surface area contributed by atoms with Crippen molar-refractivity contribution in [2.75, 3.05) is 92.4 Å².